The third kappa shape index (κ3) is 33.8. The van der Waals surface area contributed by atoms with Crippen molar-refractivity contribution in [3.63, 3.8) is 0 Å². The number of para-hydroxylation sites is 5. The Morgan fingerprint density at radius 2 is 0.553 bits per heavy atom. The van der Waals surface area contributed by atoms with Gasteiger partial charge in [0.05, 0.1) is 12.2 Å². The highest BCUT2D eigenvalue weighted by atomic mass is 35.5. The molecule has 114 heavy (non-hydrogen) atoms. The van der Waals surface area contributed by atoms with Crippen LogP contribution >= 0.6 is 11.6 Å². The van der Waals surface area contributed by atoms with Gasteiger partial charge in [-0.3, -0.25) is 0 Å². The Bertz CT molecular complexity index is 4210. The number of likely N-dealkylation sites (N-methyl/N-ethyl adjacent to an activating group) is 1. The zero-order valence-electron chi connectivity index (χ0n) is 64.3. The lowest BCUT2D eigenvalue weighted by atomic mass is 10.00. The smallest absolute Gasteiger partial charge is 0.416 e. The summed E-state index contributed by atoms with van der Waals surface area (Å²) in [6.07, 6.45) is -1.85. The Labute approximate surface area is 671 Å². The van der Waals surface area contributed by atoms with Gasteiger partial charge in [-0.1, -0.05) is 206 Å². The number of hydrogen-bond acceptors (Lipinski definition) is 12. The molecule has 0 fully saturated rings. The topological polar surface area (TPSA) is 170 Å². The van der Waals surface area contributed by atoms with E-state index in [0.29, 0.717) is 56.2 Å². The van der Waals surface area contributed by atoms with Gasteiger partial charge in [0.2, 0.25) is 0 Å². The molecule has 9 N–H and O–H groups in total. The summed E-state index contributed by atoms with van der Waals surface area (Å²) in [7, 11) is 5.61. The summed E-state index contributed by atoms with van der Waals surface area (Å²) in [5.74, 6) is 2.99. The van der Waals surface area contributed by atoms with Crippen molar-refractivity contribution >= 4 is 11.6 Å². The van der Waals surface area contributed by atoms with E-state index in [1.807, 2.05) is 252 Å². The summed E-state index contributed by atoms with van der Waals surface area (Å²) < 4.78 is 126. The van der Waals surface area contributed by atoms with E-state index < -0.39 is 11.7 Å². The number of ether oxygens (including phenoxy) is 6. The van der Waals surface area contributed by atoms with Gasteiger partial charge >= 0.3 is 6.18 Å². The molecular weight excluding hydrogens is 1480 g/mol. The van der Waals surface area contributed by atoms with Crippen molar-refractivity contribution in [2.75, 3.05) is 67.0 Å². The molecule has 12 aromatic rings. The van der Waals surface area contributed by atoms with Gasteiger partial charge in [-0.25, -0.2) is 17.6 Å². The maximum absolute atomic E-state index is 13.3. The van der Waals surface area contributed by atoms with Gasteiger partial charge in [-0.15, -0.1) is 0 Å². The first-order valence-corrected chi connectivity index (χ1v) is 38.1. The molecule has 20 heteroatoms. The predicted molar refractivity (Wildman–Crippen MR) is 444 cm³/mol. The summed E-state index contributed by atoms with van der Waals surface area (Å²) in [4.78, 5) is 0. The van der Waals surface area contributed by atoms with Gasteiger partial charge in [0, 0.05) is 43.7 Å². The van der Waals surface area contributed by atoms with Gasteiger partial charge in [0.1, 0.15) is 88.6 Å². The van der Waals surface area contributed by atoms with Crippen molar-refractivity contribution in [2.24, 2.45) is 17.2 Å². The Balaban J connectivity index is 0.000000190. The predicted octanol–water partition coefficient (Wildman–Crippen LogP) is 21.5. The highest BCUT2D eigenvalue weighted by molar-refractivity contribution is 6.30. The lowest BCUT2D eigenvalue weighted by Crippen LogP contribution is -2.17. The van der Waals surface area contributed by atoms with E-state index in [-0.39, 0.29) is 59.9 Å². The van der Waals surface area contributed by atoms with E-state index in [1.54, 1.807) is 24.3 Å². The minimum Gasteiger partial charge on any atom is -0.486 e. The molecule has 0 heterocycles. The molecule has 3 unspecified atom stereocenters. The highest BCUT2D eigenvalue weighted by Crippen LogP contribution is 2.34. The van der Waals surface area contributed by atoms with Crippen LogP contribution < -0.4 is 56.8 Å². The van der Waals surface area contributed by atoms with Crippen molar-refractivity contribution in [3.8, 4) is 28.7 Å². The molecular formula is C94H102ClF7N6O6. The van der Waals surface area contributed by atoms with Crippen LogP contribution in [-0.2, 0) is 10.9 Å². The Kier molecular flexibility index (Phi) is 41.0. The first-order valence-electron chi connectivity index (χ1n) is 37.7. The molecule has 600 valence electrons. The van der Waals surface area contributed by atoms with Gasteiger partial charge in [-0.05, 0) is 226 Å². The third-order valence-corrected chi connectivity index (χ3v) is 17.3. The first-order chi connectivity index (χ1) is 55.5. The zero-order valence-corrected chi connectivity index (χ0v) is 65.1. The molecule has 12 rings (SSSR count). The minimum absolute atomic E-state index is 0.0592. The molecule has 12 nitrogen and oxygen atoms in total. The fourth-order valence-corrected chi connectivity index (χ4v) is 11.7. The molecule has 0 aliphatic heterocycles. The van der Waals surface area contributed by atoms with Crippen LogP contribution in [0.3, 0.4) is 0 Å². The van der Waals surface area contributed by atoms with Crippen molar-refractivity contribution in [1.82, 2.24) is 16.0 Å². The van der Waals surface area contributed by atoms with Crippen molar-refractivity contribution in [1.29, 1.82) is 0 Å². The summed E-state index contributed by atoms with van der Waals surface area (Å²) in [5, 5.41) is 9.88. The molecule has 0 spiro atoms. The summed E-state index contributed by atoms with van der Waals surface area (Å²) >= 11 is 6.01. The third-order valence-electron chi connectivity index (χ3n) is 17.1. The second-order valence-corrected chi connectivity index (χ2v) is 26.2. The number of hydrogen-bond donors (Lipinski definition) is 6. The van der Waals surface area contributed by atoms with E-state index in [2.05, 4.69) is 16.0 Å². The van der Waals surface area contributed by atoms with Crippen LogP contribution in [0.15, 0.2) is 328 Å². The minimum atomic E-state index is -4.33. The number of rotatable bonds is 33. The number of benzene rings is 12. The van der Waals surface area contributed by atoms with Crippen molar-refractivity contribution < 1.29 is 59.2 Å². The van der Waals surface area contributed by atoms with Gasteiger partial charge in [-0.2, -0.15) is 13.2 Å². The van der Waals surface area contributed by atoms with Crippen LogP contribution in [0.1, 0.15) is 113 Å². The average Bonchev–Trinajstić information content (AvgIpc) is 0.821. The Hall–Kier alpha value is -10.8. The molecule has 0 amide bonds. The van der Waals surface area contributed by atoms with E-state index in [1.165, 1.54) is 60.7 Å². The molecule has 6 atom stereocenters. The number of halogens is 8. The lowest BCUT2D eigenvalue weighted by molar-refractivity contribution is -0.137. The highest BCUT2D eigenvalue weighted by Gasteiger charge is 2.31. The van der Waals surface area contributed by atoms with E-state index in [9.17, 15) is 30.7 Å². The Morgan fingerprint density at radius 3 is 0.816 bits per heavy atom. The largest absolute Gasteiger partial charge is 0.486 e. The first kappa shape index (κ1) is 90.4. The standard InChI is InChI=1S/C17H18F3NO.2C16H18FNO.C15H16ClNO.2C15H16FNO/c1-21-11-12-22-16(13-5-3-2-4-6-13)14-7-9-15(10-8-14)17(18,19)20;2*1-18-11-10-16(13-6-5-7-14(17)12-13)19-15-8-3-2-4-9-15;3*16-13-6-4-5-12(11-13)15(9-10-17)18-14-7-2-1-3-8-14/h2-10,16,21H,11-12H2,1H3;2*2-9,12,16,18H,10-11H2,1H3;3*1-8,11,15H,9-10,17H2/t;2*16-;;15-;/m.10.0./s1. The second-order valence-electron chi connectivity index (χ2n) is 25.8. The van der Waals surface area contributed by atoms with E-state index in [4.69, 9.17) is 57.2 Å². The summed E-state index contributed by atoms with van der Waals surface area (Å²) in [6.45, 7) is 4.33. The summed E-state index contributed by atoms with van der Waals surface area (Å²) in [5.41, 5.74) is 22.2. The van der Waals surface area contributed by atoms with E-state index >= 15 is 0 Å². The zero-order chi connectivity index (χ0) is 81.4. The van der Waals surface area contributed by atoms with Crippen LogP contribution in [0.5, 0.6) is 28.7 Å². The molecule has 0 saturated carbocycles. The SMILES string of the molecule is CNCCOC(c1ccccc1)c1ccc(C(F)(F)F)cc1.CNCC[C@@H](Oc1ccccc1)c1cccc(F)c1.CNCC[C@H](Oc1ccccc1)c1cccc(F)c1.NCCC(Oc1ccccc1)c1cccc(Cl)c1.NCCC(Oc1ccccc1)c1cccc(F)c1.NCC[C@H](Oc1ccccc1)c1cccc(F)c1. The van der Waals surface area contributed by atoms with Gasteiger partial charge in [0.15, 0.2) is 0 Å². The molecule has 0 aliphatic carbocycles. The number of nitrogens with two attached hydrogens (primary N) is 3. The van der Waals surface area contributed by atoms with Gasteiger partial charge in [0.25, 0.3) is 0 Å². The van der Waals surface area contributed by atoms with Crippen molar-refractivity contribution in [2.45, 2.75) is 74.9 Å². The quantitative estimate of drug-likeness (QED) is 0.0170. The average molecular weight is 1580 g/mol. The lowest BCUT2D eigenvalue weighted by Gasteiger charge is -2.19. The van der Waals surface area contributed by atoms with Crippen LogP contribution in [0, 0.1) is 23.3 Å². The molecule has 0 aliphatic rings. The van der Waals surface area contributed by atoms with Crippen LogP contribution in [0.25, 0.3) is 0 Å². The van der Waals surface area contributed by atoms with E-state index in [0.717, 1.165) is 107 Å². The molecule has 0 radical (unpaired) electrons. The fourth-order valence-electron chi connectivity index (χ4n) is 11.5. The second kappa shape index (κ2) is 51.7. The van der Waals surface area contributed by atoms with Crippen molar-refractivity contribution in [3.05, 3.63) is 400 Å². The van der Waals surface area contributed by atoms with Crippen LogP contribution in [0.2, 0.25) is 5.02 Å². The maximum Gasteiger partial charge on any atom is 0.416 e. The Morgan fingerprint density at radius 1 is 0.298 bits per heavy atom. The normalized spacial score (nSPS) is 12.3. The molecule has 0 bridgehead atoms. The van der Waals surface area contributed by atoms with Crippen LogP contribution in [0.4, 0.5) is 30.7 Å². The molecule has 0 saturated heterocycles. The maximum atomic E-state index is 13.3. The monoisotopic (exact) mass is 1580 g/mol. The number of nitrogens with one attached hydrogen (secondary N) is 3. The van der Waals surface area contributed by atoms with Crippen LogP contribution in [-0.4, -0.2) is 67.0 Å². The fraction of sp³-hybridized carbons (Fsp3) is 0.234. The summed E-state index contributed by atoms with van der Waals surface area (Å²) in [6, 6.07) is 96.3. The molecule has 0 aromatic heterocycles. The van der Waals surface area contributed by atoms with Gasteiger partial charge < -0.3 is 61.6 Å². The molecule has 12 aromatic carbocycles. The number of alkyl halides is 3.